The number of nitrogens with one attached hydrogen (secondary N) is 1. The van der Waals surface area contributed by atoms with E-state index in [0.717, 1.165) is 0 Å². The molecule has 2 aromatic rings. The van der Waals surface area contributed by atoms with Crippen LogP contribution < -0.4 is 5.32 Å². The molecule has 0 spiro atoms. The summed E-state index contributed by atoms with van der Waals surface area (Å²) in [4.78, 5) is 35.5. The highest BCUT2D eigenvalue weighted by Gasteiger charge is 2.16. The number of carbonyl (C=O) groups is 2. The molecule has 0 aliphatic carbocycles. The third-order valence-corrected chi connectivity index (χ3v) is 4.47. The van der Waals surface area contributed by atoms with Gasteiger partial charge in [-0.1, -0.05) is 0 Å². The Bertz CT molecular complexity index is 935. The third-order valence-electron chi connectivity index (χ3n) is 3.63. The Hall–Kier alpha value is -2.76. The maximum atomic E-state index is 11.9. The van der Waals surface area contributed by atoms with Gasteiger partial charge in [0, 0.05) is 0 Å². The third kappa shape index (κ3) is 8.40. The fourth-order valence-corrected chi connectivity index (χ4v) is 3.09. The second-order valence-electron chi connectivity index (χ2n) is 7.19. The van der Waals surface area contributed by atoms with E-state index in [1.807, 2.05) is 0 Å². The predicted octanol–water partition coefficient (Wildman–Crippen LogP) is 3.16. The molecule has 0 aromatic carbocycles. The summed E-state index contributed by atoms with van der Waals surface area (Å²) in [6.07, 6.45) is 0.161. The molecule has 2 heterocycles. The van der Waals surface area contributed by atoms with Gasteiger partial charge in [0.1, 0.15) is 12.7 Å². The Balaban J connectivity index is 1.84. The van der Waals surface area contributed by atoms with Crippen molar-refractivity contribution in [1.82, 2.24) is 19.5 Å². The largest absolute Gasteiger partial charge is 0.510 e. The van der Waals surface area contributed by atoms with Gasteiger partial charge < -0.3 is 23.5 Å². The molecule has 0 aliphatic rings. The van der Waals surface area contributed by atoms with Crippen LogP contribution in [-0.4, -0.2) is 63.2 Å². The number of hydrogen-bond acceptors (Lipinski definition) is 11. The summed E-state index contributed by atoms with van der Waals surface area (Å²) in [7, 11) is -2.58. The molecular weight excluding hydrogens is 445 g/mol. The quantitative estimate of drug-likeness (QED) is 0.291. The fourth-order valence-electron chi connectivity index (χ4n) is 2.40. The van der Waals surface area contributed by atoms with Crippen molar-refractivity contribution >= 4 is 37.3 Å². The number of carbonyl (C=O) groups excluding carboxylic acids is 2. The van der Waals surface area contributed by atoms with E-state index in [-0.39, 0.29) is 30.5 Å². The van der Waals surface area contributed by atoms with E-state index in [0.29, 0.717) is 17.7 Å². The van der Waals surface area contributed by atoms with Crippen LogP contribution in [0.5, 0.6) is 0 Å². The maximum absolute atomic E-state index is 11.9. The number of imidazole rings is 1. The second kappa shape index (κ2) is 12.3. The molecule has 1 N–H and O–H groups in total. The molecule has 1 unspecified atom stereocenters. The lowest BCUT2D eigenvalue weighted by Crippen LogP contribution is -2.19. The minimum absolute atomic E-state index is 0.163. The molecule has 0 saturated carbocycles. The van der Waals surface area contributed by atoms with Gasteiger partial charge in [0.05, 0.1) is 31.2 Å². The number of nitrogens with zero attached hydrogens (tertiary/aromatic N) is 4. The molecule has 0 radical (unpaired) electrons. The molecule has 1 amide bonds. The van der Waals surface area contributed by atoms with Gasteiger partial charge in [-0.25, -0.2) is 24.5 Å². The first kappa shape index (κ1) is 25.5. The summed E-state index contributed by atoms with van der Waals surface area (Å²) < 4.78 is 38.5. The standard InChI is InChI=1S/C18H28N5O8P/c1-11(2)30-17(24)22-15-14-16(20-7-19-15)23(8-21-14)6-13(5)28-10-32(26)29-9-27-18(25)31-12(3)4/h7-8,11-13,32H,6,9-10H2,1-5H3,(H,19,20,22,24)/t13-/m1/s1. The lowest BCUT2D eigenvalue weighted by Gasteiger charge is -2.14. The highest BCUT2D eigenvalue weighted by atomic mass is 31.1. The minimum Gasteiger partial charge on any atom is -0.447 e. The van der Waals surface area contributed by atoms with Crippen LogP contribution in [0.15, 0.2) is 12.7 Å². The molecule has 2 aromatic heterocycles. The van der Waals surface area contributed by atoms with Gasteiger partial charge in [0.2, 0.25) is 14.8 Å². The van der Waals surface area contributed by atoms with Crippen LogP contribution >= 0.6 is 8.03 Å². The number of hydrogen-bond donors (Lipinski definition) is 1. The summed E-state index contributed by atoms with van der Waals surface area (Å²) in [6.45, 7) is 8.45. The van der Waals surface area contributed by atoms with Crippen molar-refractivity contribution in [2.24, 2.45) is 0 Å². The first-order valence-electron chi connectivity index (χ1n) is 9.89. The Kier molecular flexibility index (Phi) is 9.82. The van der Waals surface area contributed by atoms with Crippen LogP contribution in [0, 0.1) is 0 Å². The summed E-state index contributed by atoms with van der Waals surface area (Å²) in [6, 6.07) is 0. The lowest BCUT2D eigenvalue weighted by molar-refractivity contribution is -0.00820. The van der Waals surface area contributed by atoms with E-state index in [1.54, 1.807) is 39.2 Å². The Morgan fingerprint density at radius 2 is 1.81 bits per heavy atom. The first-order chi connectivity index (χ1) is 15.2. The molecule has 0 aliphatic heterocycles. The molecule has 13 nitrogen and oxygen atoms in total. The van der Waals surface area contributed by atoms with E-state index < -0.39 is 27.1 Å². The van der Waals surface area contributed by atoms with Gasteiger partial charge in [0.15, 0.2) is 17.0 Å². The van der Waals surface area contributed by atoms with Gasteiger partial charge in [-0.05, 0) is 34.6 Å². The molecule has 178 valence electrons. The number of rotatable bonds is 11. The highest BCUT2D eigenvalue weighted by Crippen LogP contribution is 2.23. The molecule has 0 fully saturated rings. The van der Waals surface area contributed by atoms with E-state index in [4.69, 9.17) is 18.7 Å². The molecule has 2 rings (SSSR count). The Morgan fingerprint density at radius 1 is 1.09 bits per heavy atom. The van der Waals surface area contributed by atoms with Crippen molar-refractivity contribution in [2.45, 2.75) is 59.5 Å². The number of amides is 1. The predicted molar refractivity (Wildman–Crippen MR) is 114 cm³/mol. The Labute approximate surface area is 185 Å². The SMILES string of the molecule is CC(C)OC(=O)Nc1ncnc2c1ncn2C[C@@H](C)OC[PH](=O)OCOC(=O)OC(C)C. The fraction of sp³-hybridized carbons (Fsp3) is 0.611. The van der Waals surface area contributed by atoms with E-state index >= 15 is 0 Å². The van der Waals surface area contributed by atoms with Crippen molar-refractivity contribution in [1.29, 1.82) is 0 Å². The van der Waals surface area contributed by atoms with E-state index in [2.05, 4.69) is 25.0 Å². The smallest absolute Gasteiger partial charge is 0.447 e. The molecular formula is C18H28N5O8P. The summed E-state index contributed by atoms with van der Waals surface area (Å²) in [5.41, 5.74) is 0.874. The summed E-state index contributed by atoms with van der Waals surface area (Å²) >= 11 is 0. The second-order valence-corrected chi connectivity index (χ2v) is 8.51. The van der Waals surface area contributed by atoms with Crippen LogP contribution in [0.1, 0.15) is 34.6 Å². The van der Waals surface area contributed by atoms with Gasteiger partial charge in [-0.3, -0.25) is 14.4 Å². The van der Waals surface area contributed by atoms with Crippen LogP contribution in [0.4, 0.5) is 15.4 Å². The molecule has 0 bridgehead atoms. The first-order valence-corrected chi connectivity index (χ1v) is 11.4. The highest BCUT2D eigenvalue weighted by molar-refractivity contribution is 7.38. The van der Waals surface area contributed by atoms with Crippen LogP contribution in [-0.2, 0) is 34.6 Å². The molecule has 32 heavy (non-hydrogen) atoms. The monoisotopic (exact) mass is 473 g/mol. The average Bonchev–Trinajstić information content (AvgIpc) is 3.09. The van der Waals surface area contributed by atoms with Crippen LogP contribution in [0.3, 0.4) is 0 Å². The van der Waals surface area contributed by atoms with Gasteiger partial charge in [-0.15, -0.1) is 0 Å². The van der Waals surface area contributed by atoms with Crippen molar-refractivity contribution in [3.8, 4) is 0 Å². The summed E-state index contributed by atoms with van der Waals surface area (Å²) in [5.74, 6) is 0.224. The lowest BCUT2D eigenvalue weighted by atomic mass is 10.4. The molecule has 2 atom stereocenters. The molecule has 14 heteroatoms. The number of anilines is 1. The maximum Gasteiger partial charge on any atom is 0.510 e. The average molecular weight is 473 g/mol. The van der Waals surface area contributed by atoms with Crippen LogP contribution in [0.2, 0.25) is 0 Å². The van der Waals surface area contributed by atoms with Crippen molar-refractivity contribution < 1.29 is 37.6 Å². The number of aromatic nitrogens is 4. The van der Waals surface area contributed by atoms with Crippen molar-refractivity contribution in [3.63, 3.8) is 0 Å². The number of fused-ring (bicyclic) bond motifs is 1. The normalized spacial score (nSPS) is 13.2. The van der Waals surface area contributed by atoms with Gasteiger partial charge in [-0.2, -0.15) is 0 Å². The zero-order valence-electron chi connectivity index (χ0n) is 18.6. The summed E-state index contributed by atoms with van der Waals surface area (Å²) in [5, 5.41) is 2.54. The zero-order chi connectivity index (χ0) is 23.7. The molecule has 0 saturated heterocycles. The van der Waals surface area contributed by atoms with Gasteiger partial charge in [0.25, 0.3) is 0 Å². The topological polar surface area (TPSA) is 153 Å². The van der Waals surface area contributed by atoms with E-state index in [1.165, 1.54) is 12.7 Å². The zero-order valence-corrected chi connectivity index (χ0v) is 19.6. The van der Waals surface area contributed by atoms with E-state index in [9.17, 15) is 14.2 Å². The minimum atomic E-state index is -2.58. The van der Waals surface area contributed by atoms with Crippen molar-refractivity contribution in [3.05, 3.63) is 12.7 Å². The van der Waals surface area contributed by atoms with Crippen molar-refractivity contribution in [2.75, 3.05) is 18.5 Å². The van der Waals surface area contributed by atoms with Crippen LogP contribution in [0.25, 0.3) is 11.2 Å². The van der Waals surface area contributed by atoms with Gasteiger partial charge >= 0.3 is 12.2 Å². The number of ether oxygens (including phenoxy) is 4. The Morgan fingerprint density at radius 3 is 2.50 bits per heavy atom.